The van der Waals surface area contributed by atoms with Gasteiger partial charge in [0.05, 0.1) is 28.9 Å². The minimum atomic E-state index is -0.00562. The smallest absolute Gasteiger partial charge is 0.195 e. The molecule has 1 N–H and O–H groups in total. The second-order valence-electron chi connectivity index (χ2n) is 7.48. The first kappa shape index (κ1) is 19.5. The van der Waals surface area contributed by atoms with E-state index in [0.717, 1.165) is 40.1 Å². The molecule has 2 aromatic carbocycles. The Hall–Kier alpha value is -3.51. The van der Waals surface area contributed by atoms with Crippen molar-refractivity contribution in [2.24, 2.45) is 0 Å². The molecule has 0 atom stereocenters. The fourth-order valence-electron chi connectivity index (χ4n) is 3.95. The van der Waals surface area contributed by atoms with Crippen LogP contribution >= 0.6 is 11.3 Å². The summed E-state index contributed by atoms with van der Waals surface area (Å²) in [5, 5.41) is 6.87. The average Bonchev–Trinajstić information content (AvgIpc) is 3.52. The second-order valence-corrected chi connectivity index (χ2v) is 8.33. The number of aromatic amines is 1. The first-order valence-electron chi connectivity index (χ1n) is 10.2. The number of ketones is 1. The molecule has 0 spiro atoms. The Labute approximate surface area is 184 Å². The summed E-state index contributed by atoms with van der Waals surface area (Å²) in [6.45, 7) is 2.57. The summed E-state index contributed by atoms with van der Waals surface area (Å²) in [5.41, 5.74) is 8.00. The van der Waals surface area contributed by atoms with Gasteiger partial charge in [-0.25, -0.2) is 4.98 Å². The third kappa shape index (κ3) is 3.70. The van der Waals surface area contributed by atoms with Crippen molar-refractivity contribution >= 4 is 28.3 Å². The van der Waals surface area contributed by atoms with Crippen LogP contribution in [0.15, 0.2) is 66.4 Å². The molecule has 2 aromatic heterocycles. The number of rotatable bonds is 7. The normalized spacial score (nSPS) is 13.0. The molecule has 5 rings (SSSR count). The Kier molecular flexibility index (Phi) is 5.22. The monoisotopic (exact) mass is 427 g/mol. The van der Waals surface area contributed by atoms with Crippen molar-refractivity contribution in [1.82, 2.24) is 15.2 Å². The van der Waals surface area contributed by atoms with Gasteiger partial charge in [0.25, 0.3) is 0 Å². The van der Waals surface area contributed by atoms with Crippen molar-refractivity contribution in [2.75, 3.05) is 6.61 Å². The number of carbonyl (C=O) groups excluding carboxylic acids is 1. The Morgan fingerprint density at radius 1 is 1.06 bits per heavy atom. The second kappa shape index (κ2) is 8.32. The zero-order valence-corrected chi connectivity index (χ0v) is 17.9. The molecular weight excluding hydrogens is 406 g/mol. The van der Waals surface area contributed by atoms with Crippen LogP contribution < -0.4 is 4.74 Å². The van der Waals surface area contributed by atoms with Gasteiger partial charge in [-0.1, -0.05) is 30.3 Å². The van der Waals surface area contributed by atoms with Crippen molar-refractivity contribution in [3.8, 4) is 5.75 Å². The van der Waals surface area contributed by atoms with E-state index in [-0.39, 0.29) is 5.78 Å². The number of allylic oxidation sites excluding steroid dienone is 1. The van der Waals surface area contributed by atoms with Gasteiger partial charge in [0.1, 0.15) is 5.75 Å². The van der Waals surface area contributed by atoms with Crippen LogP contribution in [0.1, 0.15) is 44.0 Å². The highest BCUT2D eigenvalue weighted by Crippen LogP contribution is 2.45. The maximum absolute atomic E-state index is 13.4. The van der Waals surface area contributed by atoms with Crippen LogP contribution in [-0.2, 0) is 6.42 Å². The number of carbonyl (C=O) groups is 1. The topological polar surface area (TPSA) is 67.9 Å². The molecule has 0 bridgehead atoms. The lowest BCUT2D eigenvalue weighted by Crippen LogP contribution is -2.02. The van der Waals surface area contributed by atoms with Crippen molar-refractivity contribution < 1.29 is 9.53 Å². The van der Waals surface area contributed by atoms with Gasteiger partial charge in [-0.2, -0.15) is 5.10 Å². The van der Waals surface area contributed by atoms with Crippen molar-refractivity contribution in [3.63, 3.8) is 0 Å². The zero-order chi connectivity index (χ0) is 21.2. The zero-order valence-electron chi connectivity index (χ0n) is 17.1. The number of H-pyrrole nitrogens is 1. The van der Waals surface area contributed by atoms with E-state index >= 15 is 0 Å². The summed E-state index contributed by atoms with van der Waals surface area (Å²) in [5.74, 6) is 0.711. The van der Waals surface area contributed by atoms with E-state index in [1.807, 2.05) is 36.7 Å². The van der Waals surface area contributed by atoms with Gasteiger partial charge in [0.2, 0.25) is 0 Å². The molecule has 5 nitrogen and oxygen atoms in total. The Bertz CT molecular complexity index is 1260. The maximum Gasteiger partial charge on any atom is 0.195 e. The number of aromatic nitrogens is 3. The third-order valence-electron chi connectivity index (χ3n) is 5.46. The fraction of sp³-hybridized carbons (Fsp3) is 0.160. The Morgan fingerprint density at radius 2 is 1.94 bits per heavy atom. The standard InChI is InChI=1S/C25H21N3O2S/c1-16-25(31-15-26-16)23-20-10-9-19(30-11-5-8-17-6-3-2-4-7-17)12-21(20)24(29)22(23)18-13-27-28-14-18/h2-4,6-7,9-10,12-15H,5,8,11H2,1H3,(H,27,28). The van der Waals surface area contributed by atoms with E-state index in [4.69, 9.17) is 4.74 Å². The molecule has 6 heteroatoms. The minimum absolute atomic E-state index is 0.00562. The third-order valence-corrected chi connectivity index (χ3v) is 6.41. The van der Waals surface area contributed by atoms with Crippen LogP contribution in [0.4, 0.5) is 0 Å². The number of hydrogen-bond acceptors (Lipinski definition) is 5. The molecule has 0 fully saturated rings. The predicted molar refractivity (Wildman–Crippen MR) is 122 cm³/mol. The number of Topliss-reactive ketones (excluding diaryl/α,β-unsaturated/α-hetero) is 1. The number of nitrogens with one attached hydrogen (secondary N) is 1. The van der Waals surface area contributed by atoms with Gasteiger partial charge in [0.15, 0.2) is 5.78 Å². The van der Waals surface area contributed by atoms with Gasteiger partial charge >= 0.3 is 0 Å². The summed E-state index contributed by atoms with van der Waals surface area (Å²) in [7, 11) is 0. The largest absolute Gasteiger partial charge is 0.494 e. The molecule has 4 aromatic rings. The number of ether oxygens (including phenoxy) is 1. The van der Waals surface area contributed by atoms with Crippen molar-refractivity contribution in [2.45, 2.75) is 19.8 Å². The first-order chi connectivity index (χ1) is 15.2. The van der Waals surface area contributed by atoms with Crippen LogP contribution in [0.5, 0.6) is 5.75 Å². The molecular formula is C25H21N3O2S. The average molecular weight is 428 g/mol. The number of benzene rings is 2. The van der Waals surface area contributed by atoms with E-state index in [1.165, 1.54) is 5.56 Å². The lowest BCUT2D eigenvalue weighted by molar-refractivity contribution is 0.105. The minimum Gasteiger partial charge on any atom is -0.494 e. The predicted octanol–water partition coefficient (Wildman–Crippen LogP) is 5.34. The lowest BCUT2D eigenvalue weighted by atomic mass is 10.0. The quantitative estimate of drug-likeness (QED) is 0.404. The molecule has 0 radical (unpaired) electrons. The van der Waals surface area contributed by atoms with E-state index in [1.54, 1.807) is 23.7 Å². The van der Waals surface area contributed by atoms with Gasteiger partial charge in [-0.15, -0.1) is 11.3 Å². The van der Waals surface area contributed by atoms with E-state index in [9.17, 15) is 4.79 Å². The van der Waals surface area contributed by atoms with Gasteiger partial charge in [-0.05, 0) is 49.1 Å². The van der Waals surface area contributed by atoms with E-state index < -0.39 is 0 Å². The molecule has 1 aliphatic rings. The van der Waals surface area contributed by atoms with E-state index in [0.29, 0.717) is 23.5 Å². The van der Waals surface area contributed by atoms with Crippen molar-refractivity contribution in [1.29, 1.82) is 0 Å². The number of aryl methyl sites for hydroxylation is 2. The van der Waals surface area contributed by atoms with E-state index in [2.05, 4.69) is 39.4 Å². The van der Waals surface area contributed by atoms with Crippen LogP contribution in [0.25, 0.3) is 11.1 Å². The summed E-state index contributed by atoms with van der Waals surface area (Å²) >= 11 is 1.55. The lowest BCUT2D eigenvalue weighted by Gasteiger charge is -2.09. The number of fused-ring (bicyclic) bond motifs is 1. The number of hydrogen-bond donors (Lipinski definition) is 1. The Morgan fingerprint density at radius 3 is 2.68 bits per heavy atom. The molecule has 0 saturated heterocycles. The maximum atomic E-state index is 13.4. The molecule has 1 aliphatic carbocycles. The van der Waals surface area contributed by atoms with Crippen LogP contribution in [0, 0.1) is 6.92 Å². The number of thiazole rings is 1. The summed E-state index contributed by atoms with van der Waals surface area (Å²) in [6, 6.07) is 16.2. The fourth-order valence-corrected chi connectivity index (χ4v) is 4.82. The molecule has 0 saturated carbocycles. The van der Waals surface area contributed by atoms with Crippen LogP contribution in [0.2, 0.25) is 0 Å². The van der Waals surface area contributed by atoms with Crippen LogP contribution in [-0.4, -0.2) is 27.6 Å². The first-order valence-corrected chi connectivity index (χ1v) is 11.1. The summed E-state index contributed by atoms with van der Waals surface area (Å²) < 4.78 is 5.98. The molecule has 0 aliphatic heterocycles. The molecule has 0 unspecified atom stereocenters. The van der Waals surface area contributed by atoms with Gasteiger partial charge < -0.3 is 4.74 Å². The SMILES string of the molecule is Cc1ncsc1C1=C(c2cn[nH]c2)C(=O)c2cc(OCCCc3ccccc3)ccc21. The summed E-state index contributed by atoms with van der Waals surface area (Å²) in [6.07, 6.45) is 5.33. The van der Waals surface area contributed by atoms with Gasteiger partial charge in [0, 0.05) is 28.5 Å². The van der Waals surface area contributed by atoms with Crippen LogP contribution in [0.3, 0.4) is 0 Å². The molecule has 2 heterocycles. The van der Waals surface area contributed by atoms with Crippen molar-refractivity contribution in [3.05, 3.63) is 99.3 Å². The molecule has 0 amide bonds. The molecule has 154 valence electrons. The summed E-state index contributed by atoms with van der Waals surface area (Å²) in [4.78, 5) is 18.8. The highest BCUT2D eigenvalue weighted by molar-refractivity contribution is 7.11. The highest BCUT2D eigenvalue weighted by atomic mass is 32.1. The number of nitrogens with zero attached hydrogens (tertiary/aromatic N) is 2. The Balaban J connectivity index is 1.40. The van der Waals surface area contributed by atoms with Gasteiger partial charge in [-0.3, -0.25) is 9.89 Å². The highest BCUT2D eigenvalue weighted by Gasteiger charge is 2.33. The molecule has 31 heavy (non-hydrogen) atoms.